The van der Waals surface area contributed by atoms with Crippen molar-refractivity contribution in [3.63, 3.8) is 0 Å². The molecule has 104 valence electrons. The first kappa shape index (κ1) is 15.6. The molecule has 19 heavy (non-hydrogen) atoms. The third-order valence-corrected chi connectivity index (χ3v) is 3.06. The molecule has 1 unspecified atom stereocenters. The summed E-state index contributed by atoms with van der Waals surface area (Å²) in [6, 6.07) is 3.94. The molecule has 0 aromatic heterocycles. The number of halogens is 1. The van der Waals surface area contributed by atoms with E-state index in [0.29, 0.717) is 10.6 Å². The van der Waals surface area contributed by atoms with Crippen molar-refractivity contribution in [3.8, 4) is 0 Å². The van der Waals surface area contributed by atoms with E-state index in [9.17, 15) is 9.59 Å². The topological polar surface area (TPSA) is 86.6 Å². The molecule has 0 radical (unpaired) electrons. The van der Waals surface area contributed by atoms with Crippen molar-refractivity contribution < 1.29 is 19.8 Å². The Balaban J connectivity index is 2.90. The van der Waals surface area contributed by atoms with Crippen LogP contribution in [0.15, 0.2) is 18.2 Å². The van der Waals surface area contributed by atoms with Gasteiger partial charge in [0.25, 0.3) is 0 Å². The number of nitrogens with one attached hydrogen (secondary N) is 1. The highest BCUT2D eigenvalue weighted by molar-refractivity contribution is 6.31. The first-order chi connectivity index (χ1) is 8.95. The molecule has 0 amide bonds. The number of rotatable bonds is 7. The highest BCUT2D eigenvalue weighted by atomic mass is 35.5. The number of carbonyl (C=O) groups is 2. The normalized spacial score (nSPS) is 12.2. The smallest absolute Gasteiger partial charge is 0.305 e. The lowest BCUT2D eigenvalue weighted by atomic mass is 10.00. The zero-order valence-corrected chi connectivity index (χ0v) is 11.3. The van der Waals surface area contributed by atoms with Gasteiger partial charge in [-0.05, 0) is 30.7 Å². The molecule has 0 heterocycles. The molecular formula is C13H16ClNO4. The average Bonchev–Trinajstić information content (AvgIpc) is 2.36. The summed E-state index contributed by atoms with van der Waals surface area (Å²) in [6.45, 7) is 1.77. The quantitative estimate of drug-likeness (QED) is 0.657. The number of Topliss-reactive ketones (excluding diaryl/α,β-unsaturated/α-hetero) is 1. The van der Waals surface area contributed by atoms with Crippen molar-refractivity contribution in [3.05, 3.63) is 34.3 Å². The van der Waals surface area contributed by atoms with Gasteiger partial charge in [-0.3, -0.25) is 9.59 Å². The number of hydrogen-bond donors (Lipinski definition) is 3. The summed E-state index contributed by atoms with van der Waals surface area (Å²) >= 11 is 5.88. The summed E-state index contributed by atoms with van der Waals surface area (Å²) < 4.78 is 0. The molecule has 0 fully saturated rings. The fourth-order valence-electron chi connectivity index (χ4n) is 1.67. The molecule has 6 heteroatoms. The molecule has 1 aromatic rings. The van der Waals surface area contributed by atoms with E-state index in [1.54, 1.807) is 25.1 Å². The lowest BCUT2D eigenvalue weighted by molar-refractivity contribution is -0.137. The van der Waals surface area contributed by atoms with Crippen LogP contribution in [0.5, 0.6) is 0 Å². The van der Waals surface area contributed by atoms with Crippen LogP contribution in [0.4, 0.5) is 0 Å². The van der Waals surface area contributed by atoms with E-state index in [-0.39, 0.29) is 25.4 Å². The van der Waals surface area contributed by atoms with Gasteiger partial charge >= 0.3 is 5.97 Å². The number of aliphatic carboxylic acids is 1. The maximum absolute atomic E-state index is 12.2. The second kappa shape index (κ2) is 7.23. The van der Waals surface area contributed by atoms with E-state index >= 15 is 0 Å². The number of aliphatic hydroxyl groups is 1. The molecule has 0 bridgehead atoms. The Morgan fingerprint density at radius 2 is 2.11 bits per heavy atom. The van der Waals surface area contributed by atoms with Crippen molar-refractivity contribution in [2.45, 2.75) is 19.4 Å². The van der Waals surface area contributed by atoms with Crippen molar-refractivity contribution in [1.82, 2.24) is 5.32 Å². The predicted octanol–water partition coefficient (Wildman–Crippen LogP) is 1.26. The van der Waals surface area contributed by atoms with Gasteiger partial charge in [-0.2, -0.15) is 0 Å². The first-order valence-electron chi connectivity index (χ1n) is 5.82. The van der Waals surface area contributed by atoms with Gasteiger partial charge in [-0.1, -0.05) is 11.6 Å². The molecule has 0 aliphatic rings. The highest BCUT2D eigenvalue weighted by Gasteiger charge is 2.22. The molecule has 0 saturated carbocycles. The third kappa shape index (κ3) is 4.63. The van der Waals surface area contributed by atoms with Crippen LogP contribution < -0.4 is 5.32 Å². The number of benzene rings is 1. The van der Waals surface area contributed by atoms with E-state index in [2.05, 4.69) is 5.32 Å². The van der Waals surface area contributed by atoms with Crippen LogP contribution in [0.2, 0.25) is 5.02 Å². The molecular weight excluding hydrogens is 270 g/mol. The van der Waals surface area contributed by atoms with Crippen molar-refractivity contribution in [2.24, 2.45) is 0 Å². The minimum absolute atomic E-state index is 0.163. The number of ketones is 1. The standard InChI is InChI=1S/C13H16ClNO4/c1-8-6-9(2-3-10(8)14)13(19)11(7-12(17)18)15-4-5-16/h2-3,6,11,15-16H,4-5,7H2,1H3,(H,17,18). The number of carboxylic acid groups (broad SMARTS) is 1. The van der Waals surface area contributed by atoms with Gasteiger partial charge in [0.2, 0.25) is 0 Å². The van der Waals surface area contributed by atoms with Crippen LogP contribution in [0.25, 0.3) is 0 Å². The van der Waals surface area contributed by atoms with Gasteiger partial charge in [-0.25, -0.2) is 0 Å². The second-order valence-electron chi connectivity index (χ2n) is 4.16. The highest BCUT2D eigenvalue weighted by Crippen LogP contribution is 2.17. The van der Waals surface area contributed by atoms with Gasteiger partial charge < -0.3 is 15.5 Å². The van der Waals surface area contributed by atoms with Gasteiger partial charge in [-0.15, -0.1) is 0 Å². The Bertz CT molecular complexity index is 476. The summed E-state index contributed by atoms with van der Waals surface area (Å²) in [5, 5.41) is 20.8. The lowest BCUT2D eigenvalue weighted by Crippen LogP contribution is -2.40. The van der Waals surface area contributed by atoms with Crippen LogP contribution in [0, 0.1) is 6.92 Å². The van der Waals surface area contributed by atoms with Crippen LogP contribution in [0.1, 0.15) is 22.3 Å². The molecule has 0 saturated heterocycles. The maximum Gasteiger partial charge on any atom is 0.305 e. The monoisotopic (exact) mass is 285 g/mol. The molecule has 0 aliphatic carbocycles. The van der Waals surface area contributed by atoms with Crippen molar-refractivity contribution >= 4 is 23.4 Å². The van der Waals surface area contributed by atoms with Crippen LogP contribution in [0.3, 0.4) is 0 Å². The van der Waals surface area contributed by atoms with E-state index < -0.39 is 12.0 Å². The predicted molar refractivity (Wildman–Crippen MR) is 71.6 cm³/mol. The third-order valence-electron chi connectivity index (χ3n) is 2.64. The molecule has 1 atom stereocenters. The molecule has 5 nitrogen and oxygen atoms in total. The number of carbonyl (C=O) groups excluding carboxylic acids is 1. The van der Waals surface area contributed by atoms with Gasteiger partial charge in [0.1, 0.15) is 0 Å². The lowest BCUT2D eigenvalue weighted by Gasteiger charge is -2.15. The van der Waals surface area contributed by atoms with Gasteiger partial charge in [0.15, 0.2) is 5.78 Å². The number of hydrogen-bond acceptors (Lipinski definition) is 4. The summed E-state index contributed by atoms with van der Waals surface area (Å²) in [5.74, 6) is -1.40. The van der Waals surface area contributed by atoms with E-state index in [1.165, 1.54) is 0 Å². The van der Waals surface area contributed by atoms with Crippen molar-refractivity contribution in [2.75, 3.05) is 13.2 Å². The Morgan fingerprint density at radius 1 is 1.42 bits per heavy atom. The summed E-state index contributed by atoms with van der Waals surface area (Å²) in [6.07, 6.45) is -0.333. The Labute approximate surface area is 116 Å². The van der Waals surface area contributed by atoms with Crippen LogP contribution in [-0.4, -0.2) is 41.2 Å². The molecule has 0 spiro atoms. The maximum atomic E-state index is 12.2. The van der Waals surface area contributed by atoms with Crippen LogP contribution >= 0.6 is 11.6 Å². The van der Waals surface area contributed by atoms with E-state index in [1.807, 2.05) is 0 Å². The summed E-state index contributed by atoms with van der Waals surface area (Å²) in [5.41, 5.74) is 1.15. The van der Waals surface area contributed by atoms with E-state index in [0.717, 1.165) is 5.56 Å². The van der Waals surface area contributed by atoms with E-state index in [4.69, 9.17) is 21.8 Å². The minimum atomic E-state index is -1.07. The fraction of sp³-hybridized carbons (Fsp3) is 0.385. The van der Waals surface area contributed by atoms with Gasteiger partial charge in [0, 0.05) is 17.1 Å². The molecule has 3 N–H and O–H groups in total. The number of carboxylic acids is 1. The molecule has 0 aliphatic heterocycles. The zero-order valence-electron chi connectivity index (χ0n) is 10.5. The van der Waals surface area contributed by atoms with Gasteiger partial charge in [0.05, 0.1) is 19.1 Å². The zero-order chi connectivity index (χ0) is 14.4. The minimum Gasteiger partial charge on any atom is -0.481 e. The Morgan fingerprint density at radius 3 is 2.63 bits per heavy atom. The first-order valence-corrected chi connectivity index (χ1v) is 6.20. The Kier molecular flexibility index (Phi) is 5.95. The summed E-state index contributed by atoms with van der Waals surface area (Å²) in [4.78, 5) is 23.0. The summed E-state index contributed by atoms with van der Waals surface area (Å²) in [7, 11) is 0. The van der Waals surface area contributed by atoms with Crippen LogP contribution in [-0.2, 0) is 4.79 Å². The van der Waals surface area contributed by atoms with Crippen molar-refractivity contribution in [1.29, 1.82) is 0 Å². The second-order valence-corrected chi connectivity index (χ2v) is 4.56. The fourth-order valence-corrected chi connectivity index (χ4v) is 1.79. The SMILES string of the molecule is Cc1cc(C(=O)C(CC(=O)O)NCCO)ccc1Cl. The largest absolute Gasteiger partial charge is 0.481 e. The Hall–Kier alpha value is -1.43. The average molecular weight is 286 g/mol. The molecule has 1 rings (SSSR count). The number of aryl methyl sites for hydroxylation is 1. The molecule has 1 aromatic carbocycles. The number of aliphatic hydroxyl groups excluding tert-OH is 1.